The summed E-state index contributed by atoms with van der Waals surface area (Å²) in [5.74, 6) is 0.526. The predicted molar refractivity (Wildman–Crippen MR) is 120 cm³/mol. The first kappa shape index (κ1) is 19.7. The first-order chi connectivity index (χ1) is 14.6. The number of methoxy groups -OCH3 is 1. The second-order valence-corrected chi connectivity index (χ2v) is 7.22. The summed E-state index contributed by atoms with van der Waals surface area (Å²) in [6.45, 7) is 2.52. The van der Waals surface area contributed by atoms with Gasteiger partial charge in [0.1, 0.15) is 5.75 Å². The Balaban J connectivity index is 1.40. The maximum Gasteiger partial charge on any atom is 0.262 e. The molecular weight excluding hydrogens is 376 g/mol. The summed E-state index contributed by atoms with van der Waals surface area (Å²) in [6.07, 6.45) is 0. The van der Waals surface area contributed by atoms with E-state index in [2.05, 4.69) is 34.6 Å². The molecule has 1 aromatic heterocycles. The van der Waals surface area contributed by atoms with Gasteiger partial charge in [0.05, 0.1) is 6.61 Å². The van der Waals surface area contributed by atoms with E-state index >= 15 is 0 Å². The third-order valence-corrected chi connectivity index (χ3v) is 4.93. The van der Waals surface area contributed by atoms with Gasteiger partial charge in [0.15, 0.2) is 6.61 Å². The summed E-state index contributed by atoms with van der Waals surface area (Å²) in [5, 5.41) is 4.01. The number of carbonyl (C=O) groups excluding carboxylic acids is 1. The van der Waals surface area contributed by atoms with Crippen LogP contribution >= 0.6 is 0 Å². The molecule has 4 rings (SSSR count). The first-order valence-electron chi connectivity index (χ1n) is 9.82. The number of benzene rings is 3. The van der Waals surface area contributed by atoms with Crippen molar-refractivity contribution in [1.82, 2.24) is 4.98 Å². The van der Waals surface area contributed by atoms with Crippen LogP contribution in [0.2, 0.25) is 0 Å². The topological polar surface area (TPSA) is 63.3 Å². The average molecular weight is 400 g/mol. The number of rotatable bonds is 7. The molecule has 0 unspecified atom stereocenters. The molecule has 0 fully saturated rings. The zero-order valence-electron chi connectivity index (χ0n) is 17.1. The molecule has 1 heterocycles. The van der Waals surface area contributed by atoms with Crippen molar-refractivity contribution in [3.8, 4) is 17.0 Å². The molecule has 152 valence electrons. The van der Waals surface area contributed by atoms with Crippen molar-refractivity contribution in [2.24, 2.45) is 0 Å². The number of aromatic amines is 1. The summed E-state index contributed by atoms with van der Waals surface area (Å²) in [7, 11) is 1.70. The number of carbonyl (C=O) groups is 1. The number of para-hydroxylation sites is 1. The van der Waals surface area contributed by atoms with Crippen LogP contribution in [0.15, 0.2) is 72.8 Å². The maximum absolute atomic E-state index is 12.2. The van der Waals surface area contributed by atoms with E-state index in [1.165, 1.54) is 0 Å². The van der Waals surface area contributed by atoms with Gasteiger partial charge in [-0.3, -0.25) is 4.79 Å². The van der Waals surface area contributed by atoms with Gasteiger partial charge < -0.3 is 19.8 Å². The summed E-state index contributed by atoms with van der Waals surface area (Å²) < 4.78 is 10.8. The lowest BCUT2D eigenvalue weighted by Gasteiger charge is -2.09. The number of aryl methyl sites for hydroxylation is 1. The van der Waals surface area contributed by atoms with Crippen LogP contribution < -0.4 is 10.1 Å². The minimum Gasteiger partial charge on any atom is -0.483 e. The lowest BCUT2D eigenvalue weighted by molar-refractivity contribution is -0.118. The van der Waals surface area contributed by atoms with Crippen molar-refractivity contribution in [3.05, 3.63) is 83.9 Å². The van der Waals surface area contributed by atoms with Crippen LogP contribution in [0.1, 0.15) is 11.1 Å². The quantitative estimate of drug-likeness (QED) is 0.442. The fourth-order valence-corrected chi connectivity index (χ4v) is 3.39. The van der Waals surface area contributed by atoms with E-state index in [1.54, 1.807) is 7.11 Å². The van der Waals surface area contributed by atoms with E-state index in [4.69, 9.17) is 9.47 Å². The van der Waals surface area contributed by atoms with Crippen molar-refractivity contribution < 1.29 is 14.3 Å². The Morgan fingerprint density at radius 2 is 1.80 bits per heavy atom. The Hall–Kier alpha value is -3.57. The lowest BCUT2D eigenvalue weighted by atomic mass is 10.1. The molecule has 1 amide bonds. The van der Waals surface area contributed by atoms with Crippen LogP contribution in [0.25, 0.3) is 22.2 Å². The van der Waals surface area contributed by atoms with Gasteiger partial charge in [-0.05, 0) is 60.0 Å². The van der Waals surface area contributed by atoms with E-state index in [0.29, 0.717) is 6.61 Å². The molecule has 0 aliphatic rings. The largest absolute Gasteiger partial charge is 0.483 e. The SMILES string of the molecule is COCc1ccc2[nH]c(-c3ccc(NC(=O)COc4ccccc4C)cc3)cc2c1. The number of ether oxygens (including phenoxy) is 2. The molecule has 0 spiro atoms. The minimum absolute atomic E-state index is 0.0293. The van der Waals surface area contributed by atoms with Crippen LogP contribution in [0.4, 0.5) is 5.69 Å². The lowest BCUT2D eigenvalue weighted by Crippen LogP contribution is -2.20. The minimum atomic E-state index is -0.192. The van der Waals surface area contributed by atoms with Gasteiger partial charge >= 0.3 is 0 Å². The third kappa shape index (κ3) is 4.53. The second-order valence-electron chi connectivity index (χ2n) is 7.22. The van der Waals surface area contributed by atoms with Crippen molar-refractivity contribution in [3.63, 3.8) is 0 Å². The molecule has 0 bridgehead atoms. The van der Waals surface area contributed by atoms with Gasteiger partial charge in [-0.2, -0.15) is 0 Å². The number of hydrogen-bond acceptors (Lipinski definition) is 3. The van der Waals surface area contributed by atoms with Crippen LogP contribution in [0.5, 0.6) is 5.75 Å². The molecule has 0 atom stereocenters. The molecule has 5 heteroatoms. The van der Waals surface area contributed by atoms with Crippen LogP contribution in [-0.4, -0.2) is 24.6 Å². The molecule has 5 nitrogen and oxygen atoms in total. The number of amides is 1. The smallest absolute Gasteiger partial charge is 0.262 e. The molecular formula is C25H24N2O3. The molecule has 3 aromatic carbocycles. The molecule has 0 radical (unpaired) electrons. The summed E-state index contributed by atoms with van der Waals surface area (Å²) in [4.78, 5) is 15.6. The van der Waals surface area contributed by atoms with Crippen molar-refractivity contribution in [2.75, 3.05) is 19.0 Å². The van der Waals surface area contributed by atoms with Gasteiger partial charge in [-0.15, -0.1) is 0 Å². The van der Waals surface area contributed by atoms with Gasteiger partial charge in [-0.1, -0.05) is 36.4 Å². The van der Waals surface area contributed by atoms with E-state index in [9.17, 15) is 4.79 Å². The summed E-state index contributed by atoms with van der Waals surface area (Å²) >= 11 is 0. The highest BCUT2D eigenvalue weighted by molar-refractivity contribution is 5.92. The Morgan fingerprint density at radius 1 is 1.00 bits per heavy atom. The highest BCUT2D eigenvalue weighted by Crippen LogP contribution is 2.26. The molecule has 0 saturated heterocycles. The average Bonchev–Trinajstić information content (AvgIpc) is 3.17. The maximum atomic E-state index is 12.2. The molecule has 0 aliphatic heterocycles. The van der Waals surface area contributed by atoms with Crippen LogP contribution in [0, 0.1) is 6.92 Å². The van der Waals surface area contributed by atoms with Gasteiger partial charge in [0.25, 0.3) is 5.91 Å². The Labute approximate surface area is 175 Å². The number of anilines is 1. The van der Waals surface area contributed by atoms with E-state index < -0.39 is 0 Å². The van der Waals surface area contributed by atoms with Crippen molar-refractivity contribution >= 4 is 22.5 Å². The Bertz CT molecular complexity index is 1160. The zero-order chi connectivity index (χ0) is 20.9. The van der Waals surface area contributed by atoms with E-state index in [-0.39, 0.29) is 12.5 Å². The van der Waals surface area contributed by atoms with Crippen LogP contribution in [0.3, 0.4) is 0 Å². The van der Waals surface area contributed by atoms with E-state index in [1.807, 2.05) is 55.5 Å². The first-order valence-corrected chi connectivity index (χ1v) is 9.82. The fraction of sp³-hybridized carbons (Fsp3) is 0.160. The standard InChI is InChI=1S/C25H24N2O3/c1-17-5-3-4-6-24(17)30-16-25(28)26-21-10-8-19(9-11-21)23-14-20-13-18(15-29-2)7-12-22(20)27-23/h3-14,27H,15-16H2,1-2H3,(H,26,28). The fourth-order valence-electron chi connectivity index (χ4n) is 3.39. The number of nitrogens with one attached hydrogen (secondary N) is 2. The normalized spacial score (nSPS) is 10.9. The molecule has 4 aromatic rings. The monoisotopic (exact) mass is 400 g/mol. The zero-order valence-corrected chi connectivity index (χ0v) is 17.1. The predicted octanol–water partition coefficient (Wildman–Crippen LogP) is 5.31. The van der Waals surface area contributed by atoms with Crippen molar-refractivity contribution in [1.29, 1.82) is 0 Å². The molecule has 2 N–H and O–H groups in total. The summed E-state index contributed by atoms with van der Waals surface area (Å²) in [5.41, 5.74) is 6.03. The highest BCUT2D eigenvalue weighted by atomic mass is 16.5. The van der Waals surface area contributed by atoms with Gasteiger partial charge in [0, 0.05) is 29.4 Å². The number of hydrogen-bond donors (Lipinski definition) is 2. The third-order valence-electron chi connectivity index (χ3n) is 4.93. The number of aromatic nitrogens is 1. The second kappa shape index (κ2) is 8.84. The molecule has 0 aliphatic carbocycles. The van der Waals surface area contributed by atoms with E-state index in [0.717, 1.165) is 44.7 Å². The van der Waals surface area contributed by atoms with Gasteiger partial charge in [0.2, 0.25) is 0 Å². The van der Waals surface area contributed by atoms with Crippen LogP contribution in [-0.2, 0) is 16.1 Å². The Morgan fingerprint density at radius 3 is 2.57 bits per heavy atom. The number of fused-ring (bicyclic) bond motifs is 1. The molecule has 0 saturated carbocycles. The van der Waals surface area contributed by atoms with Gasteiger partial charge in [-0.25, -0.2) is 0 Å². The molecule has 30 heavy (non-hydrogen) atoms. The highest BCUT2D eigenvalue weighted by Gasteiger charge is 2.07. The number of H-pyrrole nitrogens is 1. The van der Waals surface area contributed by atoms with Crippen molar-refractivity contribution in [2.45, 2.75) is 13.5 Å². The Kier molecular flexibility index (Phi) is 5.82. The summed E-state index contributed by atoms with van der Waals surface area (Å²) in [6, 6.07) is 23.8.